The van der Waals surface area contributed by atoms with Crippen LogP contribution in [-0.2, 0) is 9.53 Å². The molecule has 7 nitrogen and oxygen atoms in total. The number of amides is 1. The summed E-state index contributed by atoms with van der Waals surface area (Å²) in [7, 11) is 1.43. The first-order chi connectivity index (χ1) is 10.8. The summed E-state index contributed by atoms with van der Waals surface area (Å²) in [6, 6.07) is 5.24. The molecule has 23 heavy (non-hydrogen) atoms. The fraction of sp³-hybridized carbons (Fsp3) is 0.250. The molecule has 1 aromatic rings. The lowest BCUT2D eigenvalue weighted by Gasteiger charge is -2.37. The molecule has 0 aromatic heterocycles. The molecule has 1 aliphatic rings. The summed E-state index contributed by atoms with van der Waals surface area (Å²) in [6.45, 7) is 3.38. The molecule has 1 aromatic carbocycles. The molecular weight excluding hydrogens is 300 g/mol. The molecule has 0 fully saturated rings. The number of ketones is 1. The van der Waals surface area contributed by atoms with Gasteiger partial charge in [-0.25, -0.2) is 0 Å². The van der Waals surface area contributed by atoms with Crippen molar-refractivity contribution in [2.24, 2.45) is 0 Å². The van der Waals surface area contributed by atoms with E-state index in [0.717, 1.165) is 0 Å². The molecule has 0 unspecified atom stereocenters. The van der Waals surface area contributed by atoms with E-state index in [1.807, 2.05) is 0 Å². The van der Waals surface area contributed by atoms with Crippen LogP contribution in [0.25, 0.3) is 0 Å². The number of nitro groups is 1. The molecule has 0 bridgehead atoms. The lowest BCUT2D eigenvalue weighted by atomic mass is 9.89. The predicted molar refractivity (Wildman–Crippen MR) is 82.8 cm³/mol. The van der Waals surface area contributed by atoms with Crippen LogP contribution >= 0.6 is 0 Å². The Morgan fingerprint density at radius 3 is 2.13 bits per heavy atom. The lowest BCUT2D eigenvalue weighted by Crippen LogP contribution is -2.53. The van der Waals surface area contributed by atoms with Gasteiger partial charge in [-0.05, 0) is 49.3 Å². The number of nitrogens with zero attached hydrogens (tertiary/aromatic N) is 1. The van der Waals surface area contributed by atoms with Crippen LogP contribution in [0.5, 0.6) is 0 Å². The molecule has 0 radical (unpaired) electrons. The van der Waals surface area contributed by atoms with Crippen LogP contribution in [0.1, 0.15) is 24.2 Å². The van der Waals surface area contributed by atoms with Crippen LogP contribution < -0.4 is 5.32 Å². The maximum atomic E-state index is 12.4. The molecule has 0 heterocycles. The van der Waals surface area contributed by atoms with Gasteiger partial charge in [-0.15, -0.1) is 0 Å². The summed E-state index contributed by atoms with van der Waals surface area (Å²) in [5, 5.41) is 13.4. The average Bonchev–Trinajstić information content (AvgIpc) is 2.50. The second-order valence-corrected chi connectivity index (χ2v) is 5.20. The fourth-order valence-electron chi connectivity index (χ4n) is 2.52. The molecule has 0 atom stereocenters. The Labute approximate surface area is 132 Å². The van der Waals surface area contributed by atoms with Crippen molar-refractivity contribution < 1.29 is 19.2 Å². The molecule has 0 spiro atoms. The first kappa shape index (κ1) is 16.6. The van der Waals surface area contributed by atoms with Gasteiger partial charge in [0.05, 0.1) is 4.92 Å². The van der Waals surface area contributed by atoms with Crippen molar-refractivity contribution in [2.75, 3.05) is 7.11 Å². The summed E-state index contributed by atoms with van der Waals surface area (Å²) >= 11 is 0. The van der Waals surface area contributed by atoms with E-state index in [9.17, 15) is 19.7 Å². The number of benzene rings is 1. The third-order valence-electron chi connectivity index (χ3n) is 3.76. The third kappa shape index (κ3) is 3.04. The Morgan fingerprint density at radius 2 is 1.70 bits per heavy atom. The smallest absolute Gasteiger partial charge is 0.269 e. The Balaban J connectivity index is 2.30. The van der Waals surface area contributed by atoms with Crippen molar-refractivity contribution in [2.45, 2.75) is 19.6 Å². The number of non-ortho nitro benzene ring substituents is 1. The topological polar surface area (TPSA) is 98.5 Å². The van der Waals surface area contributed by atoms with Gasteiger partial charge in [-0.1, -0.05) is 0 Å². The summed E-state index contributed by atoms with van der Waals surface area (Å²) in [5.74, 6) is -0.631. The number of allylic oxidation sites excluding steroid dienone is 2. The number of methoxy groups -OCH3 is 1. The van der Waals surface area contributed by atoms with Gasteiger partial charge in [0.15, 0.2) is 11.5 Å². The molecule has 0 saturated heterocycles. The number of nitro benzene ring substituents is 1. The van der Waals surface area contributed by atoms with Crippen molar-refractivity contribution in [1.29, 1.82) is 0 Å². The third-order valence-corrected chi connectivity index (χ3v) is 3.76. The highest BCUT2D eigenvalue weighted by Gasteiger charge is 2.38. The van der Waals surface area contributed by atoms with E-state index >= 15 is 0 Å². The number of hydrogen-bond acceptors (Lipinski definition) is 5. The molecule has 2 rings (SSSR count). The monoisotopic (exact) mass is 316 g/mol. The first-order valence-electron chi connectivity index (χ1n) is 6.84. The van der Waals surface area contributed by atoms with Crippen LogP contribution in [0, 0.1) is 10.1 Å². The maximum absolute atomic E-state index is 12.4. The van der Waals surface area contributed by atoms with Crippen molar-refractivity contribution in [3.63, 3.8) is 0 Å². The number of carbonyl (C=O) groups excluding carboxylic acids is 2. The maximum Gasteiger partial charge on any atom is 0.269 e. The second kappa shape index (κ2) is 6.13. The summed E-state index contributed by atoms with van der Waals surface area (Å²) in [5.41, 5.74) is 0.0655. The van der Waals surface area contributed by atoms with Crippen molar-refractivity contribution in [3.05, 3.63) is 63.2 Å². The first-order valence-corrected chi connectivity index (χ1v) is 6.84. The Hall–Kier alpha value is -2.80. The van der Waals surface area contributed by atoms with Gasteiger partial charge in [0.1, 0.15) is 0 Å². The molecule has 1 amide bonds. The largest absolute Gasteiger partial charge is 0.351 e. The van der Waals surface area contributed by atoms with Crippen LogP contribution in [-0.4, -0.2) is 29.4 Å². The van der Waals surface area contributed by atoms with Gasteiger partial charge in [-0.2, -0.15) is 0 Å². The van der Waals surface area contributed by atoms with E-state index in [-0.39, 0.29) is 17.0 Å². The van der Waals surface area contributed by atoms with E-state index in [1.165, 1.54) is 43.5 Å². The molecule has 120 valence electrons. The minimum atomic E-state index is -1.20. The lowest BCUT2D eigenvalue weighted by molar-refractivity contribution is -0.384. The van der Waals surface area contributed by atoms with Crippen molar-refractivity contribution in [1.82, 2.24) is 5.32 Å². The van der Waals surface area contributed by atoms with Gasteiger partial charge >= 0.3 is 0 Å². The second-order valence-electron chi connectivity index (χ2n) is 5.20. The molecular formula is C16H16N2O5. The van der Waals surface area contributed by atoms with Gasteiger partial charge in [0.2, 0.25) is 0 Å². The van der Waals surface area contributed by atoms with E-state index < -0.39 is 16.6 Å². The molecule has 1 aliphatic carbocycles. The van der Waals surface area contributed by atoms with E-state index in [4.69, 9.17) is 4.74 Å². The Bertz CT molecular complexity index is 709. The van der Waals surface area contributed by atoms with Crippen LogP contribution in [0.3, 0.4) is 0 Å². The van der Waals surface area contributed by atoms with Crippen molar-refractivity contribution >= 4 is 17.4 Å². The van der Waals surface area contributed by atoms with E-state index in [0.29, 0.717) is 11.1 Å². The van der Waals surface area contributed by atoms with Gasteiger partial charge < -0.3 is 10.1 Å². The highest BCUT2D eigenvalue weighted by atomic mass is 16.6. The number of ether oxygens (including phenoxy) is 1. The summed E-state index contributed by atoms with van der Waals surface area (Å²) < 4.78 is 5.48. The van der Waals surface area contributed by atoms with Gasteiger partial charge in [-0.3, -0.25) is 19.7 Å². The SMILES string of the molecule is COC1(NC(=O)c2ccc([N+](=O)[O-])cc2)C(C)=CC(=O)C=C1C. The fourth-order valence-corrected chi connectivity index (χ4v) is 2.52. The number of hydrogen-bond donors (Lipinski definition) is 1. The molecule has 0 saturated carbocycles. The normalized spacial score (nSPS) is 16.4. The zero-order valence-corrected chi connectivity index (χ0v) is 13.0. The molecule has 7 heteroatoms. The van der Waals surface area contributed by atoms with Crippen LogP contribution in [0.15, 0.2) is 47.6 Å². The van der Waals surface area contributed by atoms with E-state index in [2.05, 4.69) is 5.32 Å². The zero-order chi connectivity index (χ0) is 17.2. The molecule has 0 aliphatic heterocycles. The average molecular weight is 316 g/mol. The van der Waals surface area contributed by atoms with Crippen LogP contribution in [0.4, 0.5) is 5.69 Å². The standard InChI is InChI=1S/C16H16N2O5/c1-10-8-14(19)9-11(2)16(10,23-3)17-15(20)12-4-6-13(7-5-12)18(21)22/h4-9H,1-3H3,(H,17,20). The summed E-state index contributed by atoms with van der Waals surface area (Å²) in [4.78, 5) is 34.1. The minimum Gasteiger partial charge on any atom is -0.351 e. The van der Waals surface area contributed by atoms with Crippen LogP contribution in [0.2, 0.25) is 0 Å². The number of carbonyl (C=O) groups is 2. The highest BCUT2D eigenvalue weighted by molar-refractivity contribution is 6.03. The zero-order valence-electron chi connectivity index (χ0n) is 13.0. The quantitative estimate of drug-likeness (QED) is 0.521. The van der Waals surface area contributed by atoms with Crippen molar-refractivity contribution in [3.8, 4) is 0 Å². The molecule has 1 N–H and O–H groups in total. The Kier molecular flexibility index (Phi) is 4.42. The van der Waals surface area contributed by atoms with Gasteiger partial charge in [0.25, 0.3) is 11.6 Å². The Morgan fingerprint density at radius 1 is 1.17 bits per heavy atom. The van der Waals surface area contributed by atoms with Gasteiger partial charge in [0, 0.05) is 24.8 Å². The number of rotatable bonds is 4. The van der Waals surface area contributed by atoms with E-state index in [1.54, 1.807) is 13.8 Å². The predicted octanol–water partition coefficient (Wildman–Crippen LogP) is 2.14. The highest BCUT2D eigenvalue weighted by Crippen LogP contribution is 2.30. The minimum absolute atomic E-state index is 0.0987. The summed E-state index contributed by atoms with van der Waals surface area (Å²) in [6.07, 6.45) is 2.79. The number of nitrogens with one attached hydrogen (secondary N) is 1.